The Kier molecular flexibility index (Phi) is 5.25. The van der Waals surface area contributed by atoms with Gasteiger partial charge in [-0.1, -0.05) is 23.9 Å². The van der Waals surface area contributed by atoms with Gasteiger partial charge >= 0.3 is 0 Å². The lowest BCUT2D eigenvalue weighted by Crippen LogP contribution is -2.31. The Labute approximate surface area is 167 Å². The smallest absolute Gasteiger partial charge is 0.242 e. The van der Waals surface area contributed by atoms with Crippen molar-refractivity contribution >= 4 is 40.4 Å². The molecule has 1 aromatic carbocycles. The summed E-state index contributed by atoms with van der Waals surface area (Å²) in [4.78, 5) is 26.6. The third-order valence-electron chi connectivity index (χ3n) is 4.81. The first-order valence-corrected chi connectivity index (χ1v) is 10.6. The van der Waals surface area contributed by atoms with Crippen LogP contribution in [-0.2, 0) is 16.1 Å². The molecule has 1 N–H and O–H groups in total. The number of rotatable bonds is 6. The molecule has 0 radical (unpaired) electrons. The van der Waals surface area contributed by atoms with E-state index >= 15 is 0 Å². The van der Waals surface area contributed by atoms with E-state index in [0.29, 0.717) is 10.9 Å². The number of hydrogen-bond donors (Lipinski definition) is 1. The summed E-state index contributed by atoms with van der Waals surface area (Å²) in [6.07, 6.45) is 2.13. The van der Waals surface area contributed by atoms with Gasteiger partial charge in [0.15, 0.2) is 5.16 Å². The van der Waals surface area contributed by atoms with Gasteiger partial charge in [-0.2, -0.15) is 0 Å². The number of carbonyl (C=O) groups excluding carboxylic acids is 2. The van der Waals surface area contributed by atoms with E-state index in [1.165, 1.54) is 11.8 Å². The summed E-state index contributed by atoms with van der Waals surface area (Å²) in [6, 6.07) is 7.98. The number of likely N-dealkylation sites (tertiary alicyclic amines) is 1. The lowest BCUT2D eigenvalue weighted by molar-refractivity contribution is -0.130. The maximum absolute atomic E-state index is 12.7. The Hall–Kier alpha value is -2.55. The highest BCUT2D eigenvalue weighted by Crippen LogP contribution is 2.26. The van der Waals surface area contributed by atoms with Gasteiger partial charge in [0.1, 0.15) is 6.54 Å². The number of thioether (sulfide) groups is 1. The molecule has 1 aliphatic heterocycles. The molecular weight excluding hydrogens is 376 g/mol. The monoisotopic (exact) mass is 400 g/mol. The second kappa shape index (κ2) is 7.83. The van der Waals surface area contributed by atoms with Gasteiger partial charge in [0.05, 0.1) is 16.8 Å². The van der Waals surface area contributed by atoms with Crippen LogP contribution in [0.25, 0.3) is 16.8 Å². The van der Waals surface area contributed by atoms with Gasteiger partial charge in [-0.3, -0.25) is 18.6 Å². The van der Waals surface area contributed by atoms with Gasteiger partial charge in [0, 0.05) is 19.1 Å². The number of aromatic nitrogens is 4. The predicted molar refractivity (Wildman–Crippen MR) is 108 cm³/mol. The molecule has 0 bridgehead atoms. The van der Waals surface area contributed by atoms with E-state index in [1.54, 1.807) is 0 Å². The van der Waals surface area contributed by atoms with E-state index < -0.39 is 0 Å². The fourth-order valence-electron chi connectivity index (χ4n) is 3.58. The Balaban J connectivity index is 1.65. The number of nitrogens with zero attached hydrogens (tertiary/aromatic N) is 5. The van der Waals surface area contributed by atoms with E-state index in [1.807, 2.05) is 52.0 Å². The van der Waals surface area contributed by atoms with Crippen LogP contribution in [-0.4, -0.2) is 60.8 Å². The largest absolute Gasteiger partial charge is 0.353 e. The molecule has 3 heterocycles. The minimum Gasteiger partial charge on any atom is -0.353 e. The lowest BCUT2D eigenvalue weighted by Gasteiger charge is -2.15. The van der Waals surface area contributed by atoms with Gasteiger partial charge in [0.2, 0.25) is 17.6 Å². The van der Waals surface area contributed by atoms with Gasteiger partial charge in [-0.25, -0.2) is 0 Å². The molecule has 2 amide bonds. The number of imidazole rings is 1. The van der Waals surface area contributed by atoms with Crippen LogP contribution in [0.15, 0.2) is 29.4 Å². The van der Waals surface area contributed by atoms with Crippen LogP contribution < -0.4 is 5.32 Å². The average molecular weight is 401 g/mol. The molecule has 1 fully saturated rings. The summed E-state index contributed by atoms with van der Waals surface area (Å²) in [5.74, 6) is 0.963. The van der Waals surface area contributed by atoms with Crippen LogP contribution in [0.5, 0.6) is 0 Å². The molecule has 0 aliphatic carbocycles. The molecule has 28 heavy (non-hydrogen) atoms. The van der Waals surface area contributed by atoms with Crippen molar-refractivity contribution in [2.45, 2.75) is 44.4 Å². The molecule has 8 nitrogen and oxygen atoms in total. The summed E-state index contributed by atoms with van der Waals surface area (Å²) in [7, 11) is 0. The first-order valence-electron chi connectivity index (χ1n) is 9.57. The fourth-order valence-corrected chi connectivity index (χ4v) is 4.33. The summed E-state index contributed by atoms with van der Waals surface area (Å²) in [5.41, 5.74) is 1.87. The minimum atomic E-state index is -0.0373. The Morgan fingerprint density at radius 3 is 2.57 bits per heavy atom. The summed E-state index contributed by atoms with van der Waals surface area (Å²) >= 11 is 1.35. The summed E-state index contributed by atoms with van der Waals surface area (Å²) in [5, 5.41) is 12.1. The summed E-state index contributed by atoms with van der Waals surface area (Å²) in [6.45, 7) is 5.76. The van der Waals surface area contributed by atoms with E-state index in [-0.39, 0.29) is 30.2 Å². The third-order valence-corrected chi connectivity index (χ3v) is 5.73. The molecule has 0 saturated carbocycles. The first kappa shape index (κ1) is 18.8. The molecule has 2 aromatic heterocycles. The number of nitrogens with one attached hydrogen (secondary N) is 1. The van der Waals surface area contributed by atoms with Gasteiger partial charge in [-0.15, -0.1) is 10.2 Å². The third kappa shape index (κ3) is 3.58. The van der Waals surface area contributed by atoms with Crippen LogP contribution in [0, 0.1) is 0 Å². The molecule has 4 rings (SSSR count). The molecule has 1 saturated heterocycles. The zero-order valence-electron chi connectivity index (χ0n) is 16.1. The average Bonchev–Trinajstić information content (AvgIpc) is 3.38. The van der Waals surface area contributed by atoms with Crippen molar-refractivity contribution in [3.63, 3.8) is 0 Å². The van der Waals surface area contributed by atoms with Crippen molar-refractivity contribution in [1.29, 1.82) is 0 Å². The van der Waals surface area contributed by atoms with Crippen LogP contribution in [0.2, 0.25) is 0 Å². The number of para-hydroxylation sites is 2. The van der Waals surface area contributed by atoms with Crippen molar-refractivity contribution in [3.8, 4) is 0 Å². The second-order valence-corrected chi connectivity index (χ2v) is 8.23. The SMILES string of the molecule is CC(C)NC(=O)CSc1nnc2n(CC(=O)N3CCCC3)c3ccccc3n12. The molecule has 3 aromatic rings. The summed E-state index contributed by atoms with van der Waals surface area (Å²) < 4.78 is 3.85. The quantitative estimate of drug-likeness (QED) is 0.639. The van der Waals surface area contributed by atoms with E-state index in [0.717, 1.165) is 37.0 Å². The van der Waals surface area contributed by atoms with Crippen LogP contribution in [0.3, 0.4) is 0 Å². The van der Waals surface area contributed by atoms with Gasteiger partial charge in [0.25, 0.3) is 0 Å². The molecule has 0 unspecified atom stereocenters. The highest BCUT2D eigenvalue weighted by atomic mass is 32.2. The van der Waals surface area contributed by atoms with Gasteiger partial charge in [-0.05, 0) is 38.8 Å². The lowest BCUT2D eigenvalue weighted by atomic mass is 10.3. The minimum absolute atomic E-state index is 0.0373. The Bertz CT molecular complexity index is 1020. The standard InChI is InChI=1S/C19H24N6O2S/c1-13(2)20-16(26)12-28-19-22-21-18-24(11-17(27)23-9-5-6-10-23)14-7-3-4-8-15(14)25(18)19/h3-4,7-8,13H,5-6,9-12H2,1-2H3,(H,20,26). The Morgan fingerprint density at radius 2 is 1.86 bits per heavy atom. The maximum Gasteiger partial charge on any atom is 0.242 e. The van der Waals surface area contributed by atoms with E-state index in [2.05, 4.69) is 15.5 Å². The van der Waals surface area contributed by atoms with E-state index in [9.17, 15) is 9.59 Å². The zero-order chi connectivity index (χ0) is 19.7. The van der Waals surface area contributed by atoms with Crippen LogP contribution in [0.1, 0.15) is 26.7 Å². The predicted octanol–water partition coefficient (Wildman–Crippen LogP) is 1.92. The molecular formula is C19H24N6O2S. The molecule has 0 atom stereocenters. The highest BCUT2D eigenvalue weighted by Gasteiger charge is 2.23. The normalized spacial score (nSPS) is 14.5. The molecule has 148 valence electrons. The number of hydrogen-bond acceptors (Lipinski definition) is 5. The van der Waals surface area contributed by atoms with Crippen LogP contribution in [0.4, 0.5) is 0 Å². The fraction of sp³-hybridized carbons (Fsp3) is 0.474. The number of amides is 2. The number of benzene rings is 1. The van der Waals surface area contributed by atoms with Crippen molar-refractivity contribution in [1.82, 2.24) is 29.4 Å². The maximum atomic E-state index is 12.7. The van der Waals surface area contributed by atoms with Crippen LogP contribution >= 0.6 is 11.8 Å². The number of carbonyl (C=O) groups is 2. The molecule has 1 aliphatic rings. The topological polar surface area (TPSA) is 84.5 Å². The number of fused-ring (bicyclic) bond motifs is 3. The Morgan fingerprint density at radius 1 is 1.14 bits per heavy atom. The zero-order valence-corrected chi connectivity index (χ0v) is 16.9. The van der Waals surface area contributed by atoms with Crippen molar-refractivity contribution < 1.29 is 9.59 Å². The van der Waals surface area contributed by atoms with Crippen molar-refractivity contribution in [2.24, 2.45) is 0 Å². The van der Waals surface area contributed by atoms with Crippen molar-refractivity contribution in [2.75, 3.05) is 18.8 Å². The first-order chi connectivity index (χ1) is 13.5. The molecule has 0 spiro atoms. The van der Waals surface area contributed by atoms with Crippen molar-refractivity contribution in [3.05, 3.63) is 24.3 Å². The van der Waals surface area contributed by atoms with E-state index in [4.69, 9.17) is 0 Å². The highest BCUT2D eigenvalue weighted by molar-refractivity contribution is 7.99. The van der Waals surface area contributed by atoms with Gasteiger partial charge < -0.3 is 10.2 Å². The second-order valence-electron chi connectivity index (χ2n) is 7.29. The molecule has 9 heteroatoms.